The lowest BCUT2D eigenvalue weighted by atomic mass is 10.0. The maximum atomic E-state index is 12.6. The Morgan fingerprint density at radius 1 is 1.28 bits per heavy atom. The molecule has 0 aliphatic rings. The summed E-state index contributed by atoms with van der Waals surface area (Å²) in [6, 6.07) is 4.80. The zero-order valence-corrected chi connectivity index (χ0v) is 15.9. The number of hydrogen-bond donors (Lipinski definition) is 2. The number of halogens is 1. The number of amides is 1. The van der Waals surface area contributed by atoms with Crippen LogP contribution in [0.1, 0.15) is 30.1 Å². The van der Waals surface area contributed by atoms with Crippen LogP contribution in [0.25, 0.3) is 0 Å². The molecule has 0 bridgehead atoms. The first-order chi connectivity index (χ1) is 11.5. The smallest absolute Gasteiger partial charge is 0.242 e. The molecule has 1 aromatic carbocycles. The first kappa shape index (κ1) is 20.8. The average Bonchev–Trinajstić information content (AvgIpc) is 3.00. The number of ether oxygens (including phenoxy) is 2. The van der Waals surface area contributed by atoms with E-state index in [1.165, 1.54) is 0 Å². The monoisotopic (exact) mass is 368 g/mol. The summed E-state index contributed by atoms with van der Waals surface area (Å²) >= 11 is 0. The van der Waals surface area contributed by atoms with E-state index in [9.17, 15) is 4.79 Å². The van der Waals surface area contributed by atoms with Gasteiger partial charge in [0.25, 0.3) is 0 Å². The molecule has 2 atom stereocenters. The van der Waals surface area contributed by atoms with Gasteiger partial charge >= 0.3 is 0 Å². The molecule has 1 aromatic heterocycles. The number of nitrogens with zero attached hydrogens (tertiary/aromatic N) is 2. The number of likely N-dealkylation sites (N-methyl/N-ethyl adjacent to an activating group) is 1. The Morgan fingerprint density at radius 2 is 2.00 bits per heavy atom. The van der Waals surface area contributed by atoms with E-state index in [4.69, 9.17) is 9.47 Å². The summed E-state index contributed by atoms with van der Waals surface area (Å²) in [6.07, 6.45) is 3.50. The van der Waals surface area contributed by atoms with Gasteiger partial charge in [-0.1, -0.05) is 0 Å². The minimum Gasteiger partial charge on any atom is -0.497 e. The highest BCUT2D eigenvalue weighted by Crippen LogP contribution is 2.29. The van der Waals surface area contributed by atoms with E-state index in [1.807, 2.05) is 38.4 Å². The molecule has 25 heavy (non-hydrogen) atoms. The predicted octanol–water partition coefficient (Wildman–Crippen LogP) is 2.00. The third kappa shape index (κ3) is 4.87. The van der Waals surface area contributed by atoms with Gasteiger partial charge in [0.1, 0.15) is 17.5 Å². The summed E-state index contributed by atoms with van der Waals surface area (Å²) in [6.45, 7) is 1.91. The number of methoxy groups -OCH3 is 2. The molecule has 0 radical (unpaired) electrons. The molecule has 0 saturated carbocycles. The lowest BCUT2D eigenvalue weighted by Gasteiger charge is -2.21. The van der Waals surface area contributed by atoms with Gasteiger partial charge in [0.2, 0.25) is 5.91 Å². The zero-order valence-electron chi connectivity index (χ0n) is 15.1. The van der Waals surface area contributed by atoms with Crippen molar-refractivity contribution in [2.75, 3.05) is 21.3 Å². The zero-order chi connectivity index (χ0) is 17.7. The van der Waals surface area contributed by atoms with Crippen molar-refractivity contribution in [2.45, 2.75) is 19.0 Å². The maximum absolute atomic E-state index is 12.6. The van der Waals surface area contributed by atoms with E-state index < -0.39 is 6.04 Å². The number of aromatic nitrogens is 2. The Bertz CT molecular complexity index is 705. The second kappa shape index (κ2) is 9.29. The second-order valence-electron chi connectivity index (χ2n) is 5.51. The molecular weight excluding hydrogens is 344 g/mol. The van der Waals surface area contributed by atoms with Crippen molar-refractivity contribution >= 4 is 18.3 Å². The third-order valence-corrected chi connectivity index (χ3v) is 3.87. The number of rotatable bonds is 7. The minimum atomic E-state index is -0.474. The fourth-order valence-electron chi connectivity index (χ4n) is 2.59. The Hall–Kier alpha value is -2.25. The Balaban J connectivity index is 0.00000312. The van der Waals surface area contributed by atoms with Crippen molar-refractivity contribution in [3.05, 3.63) is 41.7 Å². The van der Waals surface area contributed by atoms with Gasteiger partial charge in [0, 0.05) is 24.4 Å². The van der Waals surface area contributed by atoms with Crippen LogP contribution in [0.4, 0.5) is 0 Å². The highest BCUT2D eigenvalue weighted by molar-refractivity contribution is 5.85. The van der Waals surface area contributed by atoms with Crippen LogP contribution in [0.15, 0.2) is 30.6 Å². The number of aryl methyl sites for hydroxylation is 1. The molecule has 1 amide bonds. The van der Waals surface area contributed by atoms with Crippen LogP contribution in [0, 0.1) is 0 Å². The van der Waals surface area contributed by atoms with Crippen molar-refractivity contribution in [3.63, 3.8) is 0 Å². The van der Waals surface area contributed by atoms with E-state index in [0.29, 0.717) is 11.5 Å². The molecule has 0 aliphatic heterocycles. The molecule has 7 nitrogen and oxygen atoms in total. The molecule has 138 valence electrons. The van der Waals surface area contributed by atoms with Crippen LogP contribution in [0.5, 0.6) is 11.5 Å². The van der Waals surface area contributed by atoms with Crippen molar-refractivity contribution in [3.8, 4) is 11.5 Å². The second-order valence-corrected chi connectivity index (χ2v) is 5.51. The Morgan fingerprint density at radius 3 is 2.52 bits per heavy atom. The number of carbonyl (C=O) groups excluding carboxylic acids is 1. The lowest BCUT2D eigenvalue weighted by Crippen LogP contribution is -2.37. The molecule has 0 fully saturated rings. The molecular formula is C17H25ClN4O3. The molecule has 2 unspecified atom stereocenters. The van der Waals surface area contributed by atoms with E-state index in [1.54, 1.807) is 32.1 Å². The molecule has 2 N–H and O–H groups in total. The lowest BCUT2D eigenvalue weighted by molar-refractivity contribution is -0.123. The fourth-order valence-corrected chi connectivity index (χ4v) is 2.59. The van der Waals surface area contributed by atoms with Gasteiger partial charge in [-0.25, -0.2) is 0 Å². The van der Waals surface area contributed by atoms with E-state index in [-0.39, 0.29) is 24.4 Å². The summed E-state index contributed by atoms with van der Waals surface area (Å²) in [5.41, 5.74) is 1.66. The van der Waals surface area contributed by atoms with Crippen LogP contribution < -0.4 is 20.1 Å². The quantitative estimate of drug-likeness (QED) is 0.781. The highest BCUT2D eigenvalue weighted by atomic mass is 35.5. The maximum Gasteiger partial charge on any atom is 0.242 e. The van der Waals surface area contributed by atoms with Crippen molar-refractivity contribution in [1.82, 2.24) is 20.4 Å². The molecule has 1 heterocycles. The first-order valence-electron chi connectivity index (χ1n) is 7.68. The SMILES string of the molecule is CNC(C(=O)NC(C)c1cc(OC)ccc1OC)c1cnn(C)c1.Cl. The number of benzene rings is 1. The normalized spacial score (nSPS) is 12.7. The highest BCUT2D eigenvalue weighted by Gasteiger charge is 2.23. The number of carbonyl (C=O) groups is 1. The standard InChI is InChI=1S/C17H24N4O3.ClH/c1-11(14-8-13(23-4)6-7-15(14)24-5)20-17(22)16(18-2)12-9-19-21(3)10-12;/h6-11,16,18H,1-5H3,(H,20,22);1H. The minimum absolute atomic E-state index is 0. The van der Waals surface area contributed by atoms with Gasteiger partial charge in [0.05, 0.1) is 26.5 Å². The van der Waals surface area contributed by atoms with Gasteiger partial charge < -0.3 is 20.1 Å². The first-order valence-corrected chi connectivity index (χ1v) is 7.68. The van der Waals surface area contributed by atoms with E-state index in [2.05, 4.69) is 15.7 Å². The van der Waals surface area contributed by atoms with Gasteiger partial charge in [-0.15, -0.1) is 12.4 Å². The molecule has 8 heteroatoms. The van der Waals surface area contributed by atoms with Crippen molar-refractivity contribution in [1.29, 1.82) is 0 Å². The van der Waals surface area contributed by atoms with Crippen molar-refractivity contribution in [2.24, 2.45) is 7.05 Å². The summed E-state index contributed by atoms with van der Waals surface area (Å²) < 4.78 is 12.3. The summed E-state index contributed by atoms with van der Waals surface area (Å²) in [5.74, 6) is 1.28. The Labute approximate surface area is 154 Å². The third-order valence-electron chi connectivity index (χ3n) is 3.87. The number of hydrogen-bond acceptors (Lipinski definition) is 5. The van der Waals surface area contributed by atoms with Crippen molar-refractivity contribution < 1.29 is 14.3 Å². The van der Waals surface area contributed by atoms with E-state index in [0.717, 1.165) is 11.1 Å². The summed E-state index contributed by atoms with van der Waals surface area (Å²) in [7, 11) is 6.77. The summed E-state index contributed by atoms with van der Waals surface area (Å²) in [4.78, 5) is 12.6. The Kier molecular flexibility index (Phi) is 7.73. The molecule has 0 saturated heterocycles. The van der Waals surface area contributed by atoms with Gasteiger partial charge in [-0.2, -0.15) is 5.10 Å². The topological polar surface area (TPSA) is 77.4 Å². The van der Waals surface area contributed by atoms with Gasteiger partial charge in [-0.05, 0) is 32.2 Å². The average molecular weight is 369 g/mol. The van der Waals surface area contributed by atoms with Crippen LogP contribution in [-0.2, 0) is 11.8 Å². The van der Waals surface area contributed by atoms with Gasteiger partial charge in [-0.3, -0.25) is 9.48 Å². The van der Waals surface area contributed by atoms with Crippen LogP contribution in [0.3, 0.4) is 0 Å². The van der Waals surface area contributed by atoms with Gasteiger partial charge in [0.15, 0.2) is 0 Å². The predicted molar refractivity (Wildman–Crippen MR) is 98.4 cm³/mol. The summed E-state index contributed by atoms with van der Waals surface area (Å²) in [5, 5.41) is 10.1. The number of nitrogens with one attached hydrogen (secondary N) is 2. The molecule has 0 spiro atoms. The largest absolute Gasteiger partial charge is 0.497 e. The molecule has 2 rings (SSSR count). The van der Waals surface area contributed by atoms with Crippen LogP contribution in [-0.4, -0.2) is 37.0 Å². The fraction of sp³-hybridized carbons (Fsp3) is 0.412. The molecule has 2 aromatic rings. The van der Waals surface area contributed by atoms with Crippen LogP contribution >= 0.6 is 12.4 Å². The van der Waals surface area contributed by atoms with E-state index >= 15 is 0 Å². The molecule has 0 aliphatic carbocycles. The van der Waals surface area contributed by atoms with Crippen LogP contribution in [0.2, 0.25) is 0 Å².